The van der Waals surface area contributed by atoms with E-state index < -0.39 is 0 Å². The Labute approximate surface area is 154 Å². The first-order valence-corrected chi connectivity index (χ1v) is 8.84. The van der Waals surface area contributed by atoms with Gasteiger partial charge in [-0.25, -0.2) is 0 Å². The normalized spacial score (nSPS) is 12.1. The molecule has 0 spiro atoms. The number of hydrogen-bond acceptors (Lipinski definition) is 3. The molecule has 0 fully saturated rings. The van der Waals surface area contributed by atoms with Crippen LogP contribution in [0.2, 0.25) is 0 Å². The van der Waals surface area contributed by atoms with Crippen LogP contribution in [-0.2, 0) is 26.1 Å². The largest absolute Gasteiger partial charge is 0.508 e. The van der Waals surface area contributed by atoms with Gasteiger partial charge in [-0.3, -0.25) is 0 Å². The average molecular weight is 348 g/mol. The van der Waals surface area contributed by atoms with Gasteiger partial charge in [-0.1, -0.05) is 60.7 Å². The Morgan fingerprint density at radius 2 is 1.23 bits per heavy atom. The van der Waals surface area contributed by atoms with E-state index in [2.05, 4.69) is 6.07 Å². The predicted molar refractivity (Wildman–Crippen MR) is 103 cm³/mol. The van der Waals surface area contributed by atoms with Crippen molar-refractivity contribution >= 4 is 0 Å². The van der Waals surface area contributed by atoms with Crippen LogP contribution >= 0.6 is 0 Å². The number of benzene rings is 3. The monoisotopic (exact) mass is 348 g/mol. The predicted octanol–water partition coefficient (Wildman–Crippen LogP) is 3.95. The molecule has 1 atom stereocenters. The molecule has 0 saturated heterocycles. The molecule has 0 aliphatic heterocycles. The fourth-order valence-corrected chi connectivity index (χ4v) is 3.29. The lowest BCUT2D eigenvalue weighted by Crippen LogP contribution is -2.07. The number of rotatable bonds is 7. The van der Waals surface area contributed by atoms with E-state index in [-0.39, 0.29) is 24.9 Å². The highest BCUT2D eigenvalue weighted by Crippen LogP contribution is 2.28. The standard InChI is InChI=1S/C23H24O3/c24-15-18-9-7-17(8-10-18)12-22(21-5-2-6-23(26)14-21)13-19-3-1-4-20(11-19)16-25/h1-11,14,22,24-26H,12-13,15-16H2. The van der Waals surface area contributed by atoms with Crippen LogP contribution < -0.4 is 0 Å². The van der Waals surface area contributed by atoms with Gasteiger partial charge in [-0.05, 0) is 58.7 Å². The summed E-state index contributed by atoms with van der Waals surface area (Å²) < 4.78 is 0. The molecule has 3 nitrogen and oxygen atoms in total. The summed E-state index contributed by atoms with van der Waals surface area (Å²) in [6.45, 7) is 0.0808. The van der Waals surface area contributed by atoms with Gasteiger partial charge in [0.2, 0.25) is 0 Å². The lowest BCUT2D eigenvalue weighted by atomic mass is 9.86. The van der Waals surface area contributed by atoms with E-state index in [1.807, 2.05) is 60.7 Å². The van der Waals surface area contributed by atoms with Crippen LogP contribution in [-0.4, -0.2) is 15.3 Å². The molecule has 0 aliphatic rings. The van der Waals surface area contributed by atoms with E-state index >= 15 is 0 Å². The van der Waals surface area contributed by atoms with Crippen molar-refractivity contribution in [2.75, 3.05) is 0 Å². The molecule has 0 radical (unpaired) electrons. The highest BCUT2D eigenvalue weighted by atomic mass is 16.3. The quantitative estimate of drug-likeness (QED) is 0.606. The summed E-state index contributed by atoms with van der Waals surface area (Å²) in [6, 6.07) is 23.4. The Balaban J connectivity index is 1.87. The first-order chi connectivity index (χ1) is 12.7. The van der Waals surface area contributed by atoms with Crippen molar-refractivity contribution in [2.24, 2.45) is 0 Å². The molecule has 0 aliphatic carbocycles. The van der Waals surface area contributed by atoms with Crippen molar-refractivity contribution in [1.29, 1.82) is 0 Å². The minimum atomic E-state index is 0.0350. The number of phenols is 1. The Morgan fingerprint density at radius 3 is 1.92 bits per heavy atom. The van der Waals surface area contributed by atoms with Crippen LogP contribution in [0.5, 0.6) is 5.75 Å². The second kappa shape index (κ2) is 8.65. The summed E-state index contributed by atoms with van der Waals surface area (Å²) >= 11 is 0. The molecule has 26 heavy (non-hydrogen) atoms. The van der Waals surface area contributed by atoms with Gasteiger partial charge in [0.1, 0.15) is 5.75 Å². The number of hydrogen-bond donors (Lipinski definition) is 3. The smallest absolute Gasteiger partial charge is 0.115 e. The summed E-state index contributed by atoms with van der Waals surface area (Å²) in [7, 11) is 0. The maximum absolute atomic E-state index is 9.88. The second-order valence-electron chi connectivity index (χ2n) is 6.65. The van der Waals surface area contributed by atoms with E-state index in [4.69, 9.17) is 0 Å². The number of aliphatic hydroxyl groups excluding tert-OH is 2. The van der Waals surface area contributed by atoms with Crippen LogP contribution in [0, 0.1) is 0 Å². The average Bonchev–Trinajstić information content (AvgIpc) is 2.68. The van der Waals surface area contributed by atoms with Crippen molar-refractivity contribution in [3.63, 3.8) is 0 Å². The molecule has 0 aromatic heterocycles. The van der Waals surface area contributed by atoms with Crippen LogP contribution in [0.4, 0.5) is 0 Å². The summed E-state index contributed by atoms with van der Waals surface area (Å²) in [5, 5.41) is 28.5. The highest BCUT2D eigenvalue weighted by Gasteiger charge is 2.15. The van der Waals surface area contributed by atoms with Crippen molar-refractivity contribution < 1.29 is 15.3 Å². The van der Waals surface area contributed by atoms with E-state index in [0.717, 1.165) is 35.1 Å². The van der Waals surface area contributed by atoms with E-state index in [1.165, 1.54) is 5.56 Å². The lowest BCUT2D eigenvalue weighted by molar-refractivity contribution is 0.281. The molecule has 3 N–H and O–H groups in total. The van der Waals surface area contributed by atoms with E-state index in [0.29, 0.717) is 0 Å². The Hall–Kier alpha value is -2.62. The van der Waals surface area contributed by atoms with Gasteiger partial charge in [-0.15, -0.1) is 0 Å². The number of phenolic OH excluding ortho intramolecular Hbond substituents is 1. The molecule has 3 rings (SSSR count). The third-order valence-corrected chi connectivity index (χ3v) is 4.69. The summed E-state index contributed by atoms with van der Waals surface area (Å²) in [6.07, 6.45) is 1.65. The zero-order valence-corrected chi connectivity index (χ0v) is 14.7. The molecule has 0 heterocycles. The summed E-state index contributed by atoms with van der Waals surface area (Å²) in [4.78, 5) is 0. The first kappa shape index (κ1) is 18.2. The van der Waals surface area contributed by atoms with Crippen LogP contribution in [0.3, 0.4) is 0 Å². The van der Waals surface area contributed by atoms with Gasteiger partial charge in [0.25, 0.3) is 0 Å². The minimum absolute atomic E-state index is 0.0350. The van der Waals surface area contributed by atoms with Gasteiger partial charge in [-0.2, -0.15) is 0 Å². The fraction of sp³-hybridized carbons (Fsp3) is 0.217. The maximum Gasteiger partial charge on any atom is 0.115 e. The van der Waals surface area contributed by atoms with Crippen molar-refractivity contribution in [2.45, 2.75) is 32.0 Å². The minimum Gasteiger partial charge on any atom is -0.508 e. The molecule has 3 aromatic carbocycles. The molecular weight excluding hydrogens is 324 g/mol. The topological polar surface area (TPSA) is 60.7 Å². The molecule has 134 valence electrons. The van der Waals surface area contributed by atoms with Gasteiger partial charge < -0.3 is 15.3 Å². The van der Waals surface area contributed by atoms with Crippen LogP contribution in [0.1, 0.15) is 33.7 Å². The number of aliphatic hydroxyl groups is 2. The molecular formula is C23H24O3. The van der Waals surface area contributed by atoms with E-state index in [1.54, 1.807) is 6.07 Å². The zero-order chi connectivity index (χ0) is 18.4. The van der Waals surface area contributed by atoms with Crippen molar-refractivity contribution in [1.82, 2.24) is 0 Å². The van der Waals surface area contributed by atoms with Gasteiger partial charge in [0, 0.05) is 0 Å². The van der Waals surface area contributed by atoms with Gasteiger partial charge >= 0.3 is 0 Å². The second-order valence-corrected chi connectivity index (χ2v) is 6.65. The third-order valence-electron chi connectivity index (χ3n) is 4.69. The van der Waals surface area contributed by atoms with Crippen LogP contribution in [0.25, 0.3) is 0 Å². The SMILES string of the molecule is OCc1ccc(CC(Cc2cccc(CO)c2)c2cccc(O)c2)cc1. The fourth-order valence-electron chi connectivity index (χ4n) is 3.29. The Bertz CT molecular complexity index is 840. The molecule has 3 aromatic rings. The molecule has 0 saturated carbocycles. The number of aromatic hydroxyl groups is 1. The molecule has 0 bridgehead atoms. The van der Waals surface area contributed by atoms with Crippen molar-refractivity contribution in [3.05, 3.63) is 101 Å². The molecule has 0 amide bonds. The Morgan fingerprint density at radius 1 is 0.615 bits per heavy atom. The maximum atomic E-state index is 9.88. The van der Waals surface area contributed by atoms with Crippen molar-refractivity contribution in [3.8, 4) is 5.75 Å². The van der Waals surface area contributed by atoms with Gasteiger partial charge in [0.15, 0.2) is 0 Å². The molecule has 3 heteroatoms. The first-order valence-electron chi connectivity index (χ1n) is 8.84. The molecule has 1 unspecified atom stereocenters. The lowest BCUT2D eigenvalue weighted by Gasteiger charge is -2.19. The highest BCUT2D eigenvalue weighted by molar-refractivity contribution is 5.34. The van der Waals surface area contributed by atoms with E-state index in [9.17, 15) is 15.3 Å². The third kappa shape index (κ3) is 4.72. The Kier molecular flexibility index (Phi) is 6.05. The van der Waals surface area contributed by atoms with Gasteiger partial charge in [0.05, 0.1) is 13.2 Å². The summed E-state index contributed by atoms with van der Waals surface area (Å²) in [5.41, 5.74) is 5.25. The summed E-state index contributed by atoms with van der Waals surface area (Å²) in [5.74, 6) is 0.475. The van der Waals surface area contributed by atoms with Crippen LogP contribution in [0.15, 0.2) is 72.8 Å². The zero-order valence-electron chi connectivity index (χ0n) is 14.7.